The highest BCUT2D eigenvalue weighted by molar-refractivity contribution is 6.50. The second-order valence-corrected chi connectivity index (χ2v) is 7.68. The predicted octanol–water partition coefficient (Wildman–Crippen LogP) is 4.08. The Morgan fingerprint density at radius 3 is 2.71 bits per heavy atom. The average Bonchev–Trinajstić information content (AvgIpc) is 3.23. The van der Waals surface area contributed by atoms with E-state index in [9.17, 15) is 4.79 Å². The minimum Gasteiger partial charge on any atom is -0.497 e. The molecule has 5 heteroatoms. The number of nitrogens with one attached hydrogen (secondary N) is 2. The lowest BCUT2D eigenvalue weighted by atomic mass is 9.69. The lowest BCUT2D eigenvalue weighted by Gasteiger charge is -2.35. The SMILES string of the molecule is COc1ccc2[nH]c(C(=O)C3=Nc4ccccc4C34CCNCC4)c(C)c2c1. The van der Waals surface area contributed by atoms with Gasteiger partial charge in [-0.2, -0.15) is 0 Å². The minimum absolute atomic E-state index is 0.00534. The number of Topliss-reactive ketones (excluding diaryl/α,β-unsaturated/α-hetero) is 1. The number of aliphatic imine (C=N–C) groups is 1. The summed E-state index contributed by atoms with van der Waals surface area (Å²) in [5, 5.41) is 4.44. The normalized spacial score (nSPS) is 17.6. The zero-order chi connectivity index (χ0) is 19.3. The Morgan fingerprint density at radius 2 is 1.93 bits per heavy atom. The Kier molecular flexibility index (Phi) is 3.88. The molecule has 3 heterocycles. The molecule has 0 unspecified atom stereocenters. The van der Waals surface area contributed by atoms with Crippen LogP contribution in [0.1, 0.15) is 34.5 Å². The van der Waals surface area contributed by atoms with Gasteiger partial charge >= 0.3 is 0 Å². The van der Waals surface area contributed by atoms with Gasteiger partial charge in [0.25, 0.3) is 0 Å². The molecule has 0 atom stereocenters. The number of methoxy groups -OCH3 is 1. The molecule has 5 rings (SSSR count). The van der Waals surface area contributed by atoms with Gasteiger partial charge in [-0.25, -0.2) is 4.99 Å². The van der Waals surface area contributed by atoms with Crippen molar-refractivity contribution in [2.45, 2.75) is 25.2 Å². The molecule has 0 aliphatic carbocycles. The van der Waals surface area contributed by atoms with Crippen LogP contribution < -0.4 is 10.1 Å². The maximum absolute atomic E-state index is 13.7. The number of carbonyl (C=O) groups excluding carboxylic acids is 1. The average molecular weight is 373 g/mol. The van der Waals surface area contributed by atoms with Gasteiger partial charge in [-0.15, -0.1) is 0 Å². The third kappa shape index (κ3) is 2.36. The number of aryl methyl sites for hydroxylation is 1. The highest BCUT2D eigenvalue weighted by atomic mass is 16.5. The number of piperidine rings is 1. The highest BCUT2D eigenvalue weighted by Crippen LogP contribution is 2.46. The van der Waals surface area contributed by atoms with Gasteiger partial charge in [0.15, 0.2) is 0 Å². The van der Waals surface area contributed by atoms with Gasteiger partial charge in [-0.1, -0.05) is 18.2 Å². The van der Waals surface area contributed by atoms with Gasteiger partial charge in [0.1, 0.15) is 11.5 Å². The van der Waals surface area contributed by atoms with E-state index in [1.807, 2.05) is 43.3 Å². The van der Waals surface area contributed by atoms with Crippen molar-refractivity contribution in [2.24, 2.45) is 4.99 Å². The van der Waals surface area contributed by atoms with Gasteiger partial charge in [-0.05, 0) is 68.2 Å². The van der Waals surface area contributed by atoms with Crippen molar-refractivity contribution in [1.29, 1.82) is 0 Å². The van der Waals surface area contributed by atoms with Crippen LogP contribution in [0.15, 0.2) is 47.5 Å². The molecule has 1 saturated heterocycles. The number of fused-ring (bicyclic) bond motifs is 3. The summed E-state index contributed by atoms with van der Waals surface area (Å²) in [5.41, 5.74) is 5.03. The van der Waals surface area contributed by atoms with E-state index in [4.69, 9.17) is 9.73 Å². The monoisotopic (exact) mass is 373 g/mol. The molecule has 0 saturated carbocycles. The zero-order valence-corrected chi connectivity index (χ0v) is 16.1. The molecule has 0 radical (unpaired) electrons. The van der Waals surface area contributed by atoms with E-state index in [1.165, 1.54) is 5.56 Å². The smallest absolute Gasteiger partial charge is 0.224 e. The first kappa shape index (κ1) is 17.2. The number of ether oxygens (including phenoxy) is 1. The van der Waals surface area contributed by atoms with E-state index in [0.717, 1.165) is 53.8 Å². The van der Waals surface area contributed by atoms with Crippen LogP contribution >= 0.6 is 0 Å². The number of H-pyrrole nitrogens is 1. The number of hydrogen-bond acceptors (Lipinski definition) is 4. The third-order valence-electron chi connectivity index (χ3n) is 6.27. The Labute approximate surface area is 163 Å². The second-order valence-electron chi connectivity index (χ2n) is 7.68. The molecule has 1 spiro atoms. The van der Waals surface area contributed by atoms with Crippen molar-refractivity contribution in [3.63, 3.8) is 0 Å². The molecule has 2 N–H and O–H groups in total. The number of nitrogens with zero attached hydrogens (tertiary/aromatic N) is 1. The van der Waals surface area contributed by atoms with Crippen LogP contribution in [0, 0.1) is 6.92 Å². The minimum atomic E-state index is -0.291. The van der Waals surface area contributed by atoms with Gasteiger partial charge in [0.2, 0.25) is 5.78 Å². The van der Waals surface area contributed by atoms with Gasteiger partial charge in [0.05, 0.1) is 18.5 Å². The maximum atomic E-state index is 13.7. The van der Waals surface area contributed by atoms with Crippen molar-refractivity contribution < 1.29 is 9.53 Å². The number of benzene rings is 2. The van der Waals surface area contributed by atoms with E-state index in [0.29, 0.717) is 11.4 Å². The van der Waals surface area contributed by atoms with Gasteiger partial charge in [-0.3, -0.25) is 4.79 Å². The molecule has 2 aliphatic heterocycles. The number of ketones is 1. The van der Waals surface area contributed by atoms with Crippen LogP contribution in [-0.2, 0) is 5.41 Å². The fourth-order valence-corrected chi connectivity index (χ4v) is 4.74. The second kappa shape index (κ2) is 6.31. The first-order valence-electron chi connectivity index (χ1n) is 9.74. The molecule has 5 nitrogen and oxygen atoms in total. The van der Waals surface area contributed by atoms with E-state index in [-0.39, 0.29) is 11.2 Å². The molecule has 3 aromatic rings. The van der Waals surface area contributed by atoms with Crippen molar-refractivity contribution in [3.05, 3.63) is 59.3 Å². The Hall–Kier alpha value is -2.92. The molecule has 28 heavy (non-hydrogen) atoms. The number of para-hydroxylation sites is 1. The fraction of sp³-hybridized carbons (Fsp3) is 0.304. The quantitative estimate of drug-likeness (QED) is 0.680. The van der Waals surface area contributed by atoms with E-state index >= 15 is 0 Å². The van der Waals surface area contributed by atoms with Crippen molar-refractivity contribution in [1.82, 2.24) is 10.3 Å². The topological polar surface area (TPSA) is 66.5 Å². The van der Waals surface area contributed by atoms with Gasteiger partial charge in [0, 0.05) is 16.3 Å². The van der Waals surface area contributed by atoms with Crippen molar-refractivity contribution in [3.8, 4) is 5.75 Å². The molecule has 2 aromatic carbocycles. The predicted molar refractivity (Wildman–Crippen MR) is 111 cm³/mol. The van der Waals surface area contributed by atoms with Crippen LogP contribution in [0.3, 0.4) is 0 Å². The molecule has 2 aliphatic rings. The summed E-state index contributed by atoms with van der Waals surface area (Å²) in [6.45, 7) is 3.77. The summed E-state index contributed by atoms with van der Waals surface area (Å²) in [7, 11) is 1.65. The van der Waals surface area contributed by atoms with Gasteiger partial charge < -0.3 is 15.0 Å². The number of aromatic amines is 1. The number of rotatable bonds is 3. The molecule has 0 bridgehead atoms. The highest BCUT2D eigenvalue weighted by Gasteiger charge is 2.47. The van der Waals surface area contributed by atoms with E-state index in [1.54, 1.807) is 7.11 Å². The molecule has 142 valence electrons. The molecule has 1 aromatic heterocycles. The van der Waals surface area contributed by atoms with Crippen molar-refractivity contribution >= 4 is 28.1 Å². The molecular formula is C23H23N3O2. The summed E-state index contributed by atoms with van der Waals surface area (Å²) < 4.78 is 5.35. The lowest BCUT2D eigenvalue weighted by Crippen LogP contribution is -2.46. The molecule has 0 amide bonds. The Morgan fingerprint density at radius 1 is 1.14 bits per heavy atom. The fourth-order valence-electron chi connectivity index (χ4n) is 4.74. The van der Waals surface area contributed by atoms with Crippen LogP contribution in [0.4, 0.5) is 5.69 Å². The van der Waals surface area contributed by atoms with Crippen LogP contribution in [-0.4, -0.2) is 36.7 Å². The zero-order valence-electron chi connectivity index (χ0n) is 16.1. The molecule has 1 fully saturated rings. The van der Waals surface area contributed by atoms with Crippen LogP contribution in [0.25, 0.3) is 10.9 Å². The van der Waals surface area contributed by atoms with Crippen molar-refractivity contribution in [2.75, 3.05) is 20.2 Å². The summed E-state index contributed by atoms with van der Waals surface area (Å²) in [6.07, 6.45) is 1.78. The molecular weight excluding hydrogens is 350 g/mol. The lowest BCUT2D eigenvalue weighted by molar-refractivity contribution is 0.105. The Balaban J connectivity index is 1.64. The summed E-state index contributed by atoms with van der Waals surface area (Å²) >= 11 is 0. The van der Waals surface area contributed by atoms with E-state index < -0.39 is 0 Å². The number of aromatic nitrogens is 1. The largest absolute Gasteiger partial charge is 0.497 e. The summed E-state index contributed by atoms with van der Waals surface area (Å²) in [4.78, 5) is 21.9. The number of hydrogen-bond donors (Lipinski definition) is 2. The third-order valence-corrected chi connectivity index (χ3v) is 6.27. The van der Waals surface area contributed by atoms with Crippen LogP contribution in [0.5, 0.6) is 5.75 Å². The summed E-state index contributed by atoms with van der Waals surface area (Å²) in [5.74, 6) is 0.791. The maximum Gasteiger partial charge on any atom is 0.224 e. The number of carbonyl (C=O) groups is 1. The standard InChI is InChI=1S/C23H23N3O2/c1-14-16-13-15(28-2)7-8-18(16)25-20(14)21(27)22-23(9-11-24-12-10-23)17-5-3-4-6-19(17)26-22/h3-8,13,24-25H,9-12H2,1-2H3. The van der Waals surface area contributed by atoms with E-state index in [2.05, 4.69) is 16.4 Å². The van der Waals surface area contributed by atoms with Crippen LogP contribution in [0.2, 0.25) is 0 Å². The first-order chi connectivity index (χ1) is 13.6. The first-order valence-corrected chi connectivity index (χ1v) is 9.74. The summed E-state index contributed by atoms with van der Waals surface area (Å²) in [6, 6.07) is 14.0. The Bertz CT molecular complexity index is 1120.